The molecule has 4 rings (SSSR count). The van der Waals surface area contributed by atoms with E-state index in [1.54, 1.807) is 18.2 Å². The molecular weight excluding hydrogens is 401 g/mol. The van der Waals surface area contributed by atoms with Crippen molar-refractivity contribution in [1.29, 1.82) is 0 Å². The summed E-state index contributed by atoms with van der Waals surface area (Å²) in [4.78, 5) is 4.57. The van der Waals surface area contributed by atoms with Crippen molar-refractivity contribution in [1.82, 2.24) is 0 Å². The Kier molecular flexibility index (Phi) is 4.75. The molecule has 0 aromatic heterocycles. The van der Waals surface area contributed by atoms with Crippen molar-refractivity contribution < 1.29 is 17.5 Å². The Labute approximate surface area is 167 Å². The van der Waals surface area contributed by atoms with E-state index >= 15 is 0 Å². The lowest BCUT2D eigenvalue weighted by atomic mass is 9.89. The highest BCUT2D eigenvalue weighted by Gasteiger charge is 2.30. The van der Waals surface area contributed by atoms with Gasteiger partial charge in [0.15, 0.2) is 5.17 Å². The molecule has 2 heterocycles. The number of halogens is 1. The lowest BCUT2D eigenvalue weighted by Gasteiger charge is -2.30. The van der Waals surface area contributed by atoms with Crippen LogP contribution in [-0.2, 0) is 22.0 Å². The minimum atomic E-state index is -3.95. The molecular formula is C19H20FN3O3S2. The second kappa shape index (κ2) is 6.97. The molecule has 3 N–H and O–H groups in total. The third-order valence-corrected chi connectivity index (χ3v) is 7.16. The number of nitrogens with two attached hydrogens (primary N) is 1. The molecule has 9 heteroatoms. The van der Waals surface area contributed by atoms with E-state index in [1.165, 1.54) is 30.0 Å². The maximum Gasteiger partial charge on any atom is 0.262 e. The first kappa shape index (κ1) is 19.1. The monoisotopic (exact) mass is 421 g/mol. The van der Waals surface area contributed by atoms with E-state index in [0.717, 1.165) is 17.7 Å². The number of hydrogen-bond donors (Lipinski definition) is 2. The number of ether oxygens (including phenoxy) is 1. The van der Waals surface area contributed by atoms with Crippen molar-refractivity contribution >= 4 is 32.6 Å². The van der Waals surface area contributed by atoms with Crippen LogP contribution in [0.15, 0.2) is 46.3 Å². The molecule has 0 saturated carbocycles. The molecule has 1 unspecified atom stereocenters. The number of nitrogens with one attached hydrogen (secondary N) is 1. The van der Waals surface area contributed by atoms with Crippen LogP contribution >= 0.6 is 11.8 Å². The van der Waals surface area contributed by atoms with Gasteiger partial charge in [0.1, 0.15) is 11.6 Å². The van der Waals surface area contributed by atoms with Crippen LogP contribution in [0.3, 0.4) is 0 Å². The number of sulfonamides is 1. The molecule has 148 valence electrons. The highest BCUT2D eigenvalue weighted by atomic mass is 32.2. The first-order chi connectivity index (χ1) is 13.3. The molecule has 0 bridgehead atoms. The Bertz CT molecular complexity index is 1070. The highest BCUT2D eigenvalue weighted by molar-refractivity contribution is 8.13. The van der Waals surface area contributed by atoms with E-state index in [1.807, 2.05) is 6.92 Å². The fraction of sp³-hybridized carbons (Fsp3) is 0.316. The van der Waals surface area contributed by atoms with Gasteiger partial charge in [-0.1, -0.05) is 17.8 Å². The van der Waals surface area contributed by atoms with Gasteiger partial charge in [0.25, 0.3) is 10.0 Å². The van der Waals surface area contributed by atoms with Crippen LogP contribution in [0, 0.1) is 5.82 Å². The minimum absolute atomic E-state index is 0.0732. The summed E-state index contributed by atoms with van der Waals surface area (Å²) in [5.41, 5.74) is 6.66. The fourth-order valence-corrected chi connectivity index (χ4v) is 5.45. The molecule has 2 aliphatic rings. The van der Waals surface area contributed by atoms with Crippen LogP contribution in [0.25, 0.3) is 0 Å². The van der Waals surface area contributed by atoms with Gasteiger partial charge in [0.2, 0.25) is 0 Å². The highest BCUT2D eigenvalue weighted by Crippen LogP contribution is 2.37. The van der Waals surface area contributed by atoms with Crippen LogP contribution in [-0.4, -0.2) is 25.9 Å². The van der Waals surface area contributed by atoms with Gasteiger partial charge in [-0.25, -0.2) is 12.8 Å². The number of aliphatic imine (C=N–C) groups is 1. The predicted molar refractivity (Wildman–Crippen MR) is 109 cm³/mol. The number of nitrogens with zero attached hydrogens (tertiary/aromatic N) is 1. The molecule has 2 aromatic rings. The van der Waals surface area contributed by atoms with Crippen molar-refractivity contribution in [3.63, 3.8) is 0 Å². The molecule has 0 spiro atoms. The standard InChI is InChI=1S/C19H20FN3O3S2/c1-19(7-9-27-18(21)22-19)13-2-4-15(20)16(11-13)23-28(24,25)14-3-5-17-12(10-14)6-8-26-17/h2-5,10-11,23H,6-9H2,1H3,(H2,21,22). The number of hydrogen-bond acceptors (Lipinski definition) is 6. The summed E-state index contributed by atoms with van der Waals surface area (Å²) >= 11 is 1.47. The second-order valence-electron chi connectivity index (χ2n) is 6.99. The Hall–Kier alpha value is -2.26. The van der Waals surface area contributed by atoms with E-state index < -0.39 is 21.4 Å². The van der Waals surface area contributed by atoms with E-state index in [4.69, 9.17) is 10.5 Å². The predicted octanol–water partition coefficient (Wildman–Crippen LogP) is 3.23. The molecule has 1 atom stereocenters. The van der Waals surface area contributed by atoms with E-state index in [-0.39, 0.29) is 10.6 Å². The zero-order chi connectivity index (χ0) is 19.9. The molecule has 28 heavy (non-hydrogen) atoms. The number of anilines is 1. The van der Waals surface area contributed by atoms with Crippen LogP contribution in [0.4, 0.5) is 10.1 Å². The summed E-state index contributed by atoms with van der Waals surface area (Å²) in [5, 5.41) is 0.473. The summed E-state index contributed by atoms with van der Waals surface area (Å²) in [6.07, 6.45) is 1.37. The van der Waals surface area contributed by atoms with Crippen LogP contribution in [0.5, 0.6) is 5.75 Å². The Balaban J connectivity index is 1.67. The lowest BCUT2D eigenvalue weighted by molar-refractivity contribution is 0.356. The third kappa shape index (κ3) is 3.56. The average molecular weight is 422 g/mol. The zero-order valence-corrected chi connectivity index (χ0v) is 16.9. The van der Waals surface area contributed by atoms with Crippen LogP contribution in [0.1, 0.15) is 24.5 Å². The van der Waals surface area contributed by atoms with Crippen molar-refractivity contribution in [3.8, 4) is 5.75 Å². The largest absolute Gasteiger partial charge is 0.493 e. The zero-order valence-electron chi connectivity index (χ0n) is 15.2. The smallest absolute Gasteiger partial charge is 0.262 e. The maximum absolute atomic E-state index is 14.4. The first-order valence-electron chi connectivity index (χ1n) is 8.84. The van der Waals surface area contributed by atoms with Gasteiger partial charge in [-0.3, -0.25) is 9.71 Å². The summed E-state index contributed by atoms with van der Waals surface area (Å²) in [6, 6.07) is 9.02. The van der Waals surface area contributed by atoms with Crippen molar-refractivity contribution in [2.24, 2.45) is 10.7 Å². The number of thioether (sulfide) groups is 1. The fourth-order valence-electron chi connectivity index (χ4n) is 3.37. The molecule has 0 aliphatic carbocycles. The van der Waals surface area contributed by atoms with Crippen molar-refractivity contribution in [2.45, 2.75) is 30.2 Å². The van der Waals surface area contributed by atoms with E-state index in [9.17, 15) is 12.8 Å². The van der Waals surface area contributed by atoms with Gasteiger partial charge < -0.3 is 10.5 Å². The van der Waals surface area contributed by atoms with Gasteiger partial charge in [-0.2, -0.15) is 0 Å². The number of fused-ring (bicyclic) bond motifs is 1. The molecule has 2 aromatic carbocycles. The quantitative estimate of drug-likeness (QED) is 0.791. The number of benzene rings is 2. The van der Waals surface area contributed by atoms with Gasteiger partial charge in [0.05, 0.1) is 22.7 Å². The normalized spacial score (nSPS) is 21.6. The van der Waals surface area contributed by atoms with Crippen molar-refractivity contribution in [2.75, 3.05) is 17.1 Å². The molecule has 2 aliphatic heterocycles. The van der Waals surface area contributed by atoms with E-state index in [0.29, 0.717) is 29.5 Å². The topological polar surface area (TPSA) is 93.8 Å². The summed E-state index contributed by atoms with van der Waals surface area (Å²) in [7, 11) is -3.95. The van der Waals surface area contributed by atoms with Gasteiger partial charge in [-0.15, -0.1) is 0 Å². The summed E-state index contributed by atoms with van der Waals surface area (Å²) in [6.45, 7) is 2.44. The molecule has 0 amide bonds. The lowest BCUT2D eigenvalue weighted by Crippen LogP contribution is -2.29. The molecule has 6 nitrogen and oxygen atoms in total. The SMILES string of the molecule is CC1(c2ccc(F)c(NS(=O)(=O)c3ccc4c(c3)CCO4)c2)CCSC(N)=N1. The van der Waals surface area contributed by atoms with Gasteiger partial charge in [-0.05, 0) is 54.8 Å². The Morgan fingerprint density at radius 2 is 2.11 bits per heavy atom. The summed E-state index contributed by atoms with van der Waals surface area (Å²) in [5.74, 6) is 0.829. The number of amidine groups is 1. The van der Waals surface area contributed by atoms with Crippen LogP contribution < -0.4 is 15.2 Å². The van der Waals surface area contributed by atoms with Crippen LogP contribution in [0.2, 0.25) is 0 Å². The summed E-state index contributed by atoms with van der Waals surface area (Å²) < 4.78 is 47.8. The Morgan fingerprint density at radius 1 is 1.29 bits per heavy atom. The van der Waals surface area contributed by atoms with E-state index in [2.05, 4.69) is 9.71 Å². The third-order valence-electron chi connectivity index (χ3n) is 5.00. The average Bonchev–Trinajstić information content (AvgIpc) is 3.11. The second-order valence-corrected chi connectivity index (χ2v) is 9.79. The molecule has 0 saturated heterocycles. The molecule has 0 fully saturated rings. The Morgan fingerprint density at radius 3 is 2.89 bits per heavy atom. The van der Waals surface area contributed by atoms with Gasteiger partial charge >= 0.3 is 0 Å². The maximum atomic E-state index is 14.4. The number of rotatable bonds is 4. The molecule has 0 radical (unpaired) electrons. The van der Waals surface area contributed by atoms with Gasteiger partial charge in [0, 0.05) is 12.2 Å². The first-order valence-corrected chi connectivity index (χ1v) is 11.3. The van der Waals surface area contributed by atoms with Crippen molar-refractivity contribution in [3.05, 3.63) is 53.3 Å². The minimum Gasteiger partial charge on any atom is -0.493 e.